The van der Waals surface area contributed by atoms with Gasteiger partial charge in [0.15, 0.2) is 0 Å². The third-order valence-electron chi connectivity index (χ3n) is 2.88. The van der Waals surface area contributed by atoms with Crippen molar-refractivity contribution < 1.29 is 0 Å². The van der Waals surface area contributed by atoms with Crippen LogP contribution in [0.4, 0.5) is 17.1 Å². The van der Waals surface area contributed by atoms with E-state index >= 15 is 0 Å². The summed E-state index contributed by atoms with van der Waals surface area (Å²) in [7, 11) is 0. The smallest absolute Gasteiger partial charge is 0.0568 e. The molecule has 0 heterocycles. The second-order valence-corrected chi connectivity index (χ2v) is 4.57. The number of nitrogen functional groups attached to an aromatic ring is 2. The highest BCUT2D eigenvalue weighted by molar-refractivity contribution is 5.69. The predicted octanol–water partition coefficient (Wildman–Crippen LogP) is 2.45. The first-order valence-corrected chi connectivity index (χ1v) is 5.56. The van der Waals surface area contributed by atoms with Gasteiger partial charge in [-0.25, -0.2) is 0 Å². The molecule has 0 aliphatic heterocycles. The fourth-order valence-corrected chi connectivity index (χ4v) is 1.86. The second kappa shape index (κ2) is 4.01. The predicted molar refractivity (Wildman–Crippen MR) is 65.7 cm³/mol. The lowest BCUT2D eigenvalue weighted by Gasteiger charge is -2.15. The monoisotopic (exact) mass is 205 g/mol. The van der Waals surface area contributed by atoms with Crippen molar-refractivity contribution in [1.29, 1.82) is 0 Å². The van der Waals surface area contributed by atoms with Crippen molar-refractivity contribution in [3.8, 4) is 0 Å². The Kier molecular flexibility index (Phi) is 2.71. The molecule has 5 N–H and O–H groups in total. The maximum atomic E-state index is 5.74. The van der Waals surface area contributed by atoms with Crippen LogP contribution < -0.4 is 16.8 Å². The molecule has 1 fully saturated rings. The zero-order valence-electron chi connectivity index (χ0n) is 9.16. The van der Waals surface area contributed by atoms with Gasteiger partial charge in [0.25, 0.3) is 0 Å². The Morgan fingerprint density at radius 3 is 2.67 bits per heavy atom. The summed E-state index contributed by atoms with van der Waals surface area (Å²) < 4.78 is 0. The van der Waals surface area contributed by atoms with E-state index in [0.29, 0.717) is 17.4 Å². The summed E-state index contributed by atoms with van der Waals surface area (Å²) in [5.41, 5.74) is 13.8. The van der Waals surface area contributed by atoms with E-state index in [0.717, 1.165) is 11.6 Å². The SMILES string of the molecule is CC(CC1CC1)Nc1ccc(N)c(N)c1. The Morgan fingerprint density at radius 2 is 2.07 bits per heavy atom. The number of rotatable bonds is 4. The zero-order chi connectivity index (χ0) is 10.8. The summed E-state index contributed by atoms with van der Waals surface area (Å²) >= 11 is 0. The summed E-state index contributed by atoms with van der Waals surface area (Å²) in [6.07, 6.45) is 4.05. The number of nitrogens with one attached hydrogen (secondary N) is 1. The van der Waals surface area contributed by atoms with Crippen LogP contribution in [-0.4, -0.2) is 6.04 Å². The molecule has 2 rings (SSSR count). The first-order chi connectivity index (χ1) is 7.15. The Morgan fingerprint density at radius 1 is 1.33 bits per heavy atom. The van der Waals surface area contributed by atoms with Gasteiger partial charge in [0.2, 0.25) is 0 Å². The zero-order valence-corrected chi connectivity index (χ0v) is 9.16. The quantitative estimate of drug-likeness (QED) is 0.661. The van der Waals surface area contributed by atoms with E-state index in [1.54, 1.807) is 0 Å². The third-order valence-corrected chi connectivity index (χ3v) is 2.88. The van der Waals surface area contributed by atoms with Gasteiger partial charge in [0.1, 0.15) is 0 Å². The normalized spacial score (nSPS) is 17.4. The van der Waals surface area contributed by atoms with Crippen molar-refractivity contribution >= 4 is 17.1 Å². The van der Waals surface area contributed by atoms with Crippen molar-refractivity contribution in [2.45, 2.75) is 32.2 Å². The molecule has 0 amide bonds. The summed E-state index contributed by atoms with van der Waals surface area (Å²) in [4.78, 5) is 0. The highest BCUT2D eigenvalue weighted by Crippen LogP contribution is 2.34. The van der Waals surface area contributed by atoms with Crippen LogP contribution in [0, 0.1) is 5.92 Å². The minimum atomic E-state index is 0.514. The molecule has 1 aromatic carbocycles. The second-order valence-electron chi connectivity index (χ2n) is 4.57. The van der Waals surface area contributed by atoms with Crippen LogP contribution >= 0.6 is 0 Å². The fraction of sp³-hybridized carbons (Fsp3) is 0.500. The Bertz CT molecular complexity index is 345. The molecule has 0 aromatic heterocycles. The fourth-order valence-electron chi connectivity index (χ4n) is 1.86. The van der Waals surface area contributed by atoms with Gasteiger partial charge in [-0.3, -0.25) is 0 Å². The number of hydrogen-bond donors (Lipinski definition) is 3. The summed E-state index contributed by atoms with van der Waals surface area (Å²) in [6, 6.07) is 6.25. The van der Waals surface area contributed by atoms with Crippen LogP contribution in [-0.2, 0) is 0 Å². The molecule has 1 saturated carbocycles. The van der Waals surface area contributed by atoms with Gasteiger partial charge in [-0.1, -0.05) is 12.8 Å². The van der Waals surface area contributed by atoms with E-state index < -0.39 is 0 Å². The lowest BCUT2D eigenvalue weighted by molar-refractivity contribution is 0.642. The Balaban J connectivity index is 1.93. The summed E-state index contributed by atoms with van der Waals surface area (Å²) in [5.74, 6) is 0.943. The van der Waals surface area contributed by atoms with Crippen molar-refractivity contribution in [3.63, 3.8) is 0 Å². The molecular weight excluding hydrogens is 186 g/mol. The third kappa shape index (κ3) is 2.78. The van der Waals surface area contributed by atoms with Gasteiger partial charge < -0.3 is 16.8 Å². The van der Waals surface area contributed by atoms with Gasteiger partial charge in [0.05, 0.1) is 11.4 Å². The molecule has 0 radical (unpaired) electrons. The van der Waals surface area contributed by atoms with E-state index in [2.05, 4.69) is 12.2 Å². The molecule has 3 heteroatoms. The molecule has 1 unspecified atom stereocenters. The number of anilines is 3. The standard InChI is InChI=1S/C12H19N3/c1-8(6-9-2-3-9)15-10-4-5-11(13)12(14)7-10/h4-5,7-9,15H,2-3,6,13-14H2,1H3. The first-order valence-electron chi connectivity index (χ1n) is 5.56. The highest BCUT2D eigenvalue weighted by Gasteiger charge is 2.23. The average Bonchev–Trinajstić information content (AvgIpc) is 2.95. The van der Waals surface area contributed by atoms with E-state index in [-0.39, 0.29) is 0 Å². The molecular formula is C12H19N3. The summed E-state index contributed by atoms with van der Waals surface area (Å²) in [5, 5.41) is 3.45. The molecule has 0 bridgehead atoms. The lowest BCUT2D eigenvalue weighted by atomic mass is 10.1. The van der Waals surface area contributed by atoms with Crippen LogP contribution in [0.2, 0.25) is 0 Å². The van der Waals surface area contributed by atoms with Gasteiger partial charge in [-0.2, -0.15) is 0 Å². The Labute approximate surface area is 90.8 Å². The maximum absolute atomic E-state index is 5.74. The van der Waals surface area contributed by atoms with Crippen molar-refractivity contribution in [3.05, 3.63) is 18.2 Å². The van der Waals surface area contributed by atoms with Crippen LogP contribution in [0.3, 0.4) is 0 Å². The molecule has 82 valence electrons. The number of hydrogen-bond acceptors (Lipinski definition) is 3. The van der Waals surface area contributed by atoms with Crippen LogP contribution in [0.5, 0.6) is 0 Å². The minimum Gasteiger partial charge on any atom is -0.397 e. The lowest BCUT2D eigenvalue weighted by Crippen LogP contribution is -2.15. The molecule has 0 saturated heterocycles. The molecule has 1 aromatic rings. The van der Waals surface area contributed by atoms with Crippen LogP contribution in [0.15, 0.2) is 18.2 Å². The van der Waals surface area contributed by atoms with Gasteiger partial charge in [-0.05, 0) is 37.5 Å². The molecule has 1 aliphatic rings. The van der Waals surface area contributed by atoms with Crippen molar-refractivity contribution in [2.75, 3.05) is 16.8 Å². The average molecular weight is 205 g/mol. The van der Waals surface area contributed by atoms with Crippen molar-refractivity contribution in [1.82, 2.24) is 0 Å². The van der Waals surface area contributed by atoms with Gasteiger partial charge in [-0.15, -0.1) is 0 Å². The van der Waals surface area contributed by atoms with Gasteiger partial charge >= 0.3 is 0 Å². The first kappa shape index (κ1) is 10.1. The van der Waals surface area contributed by atoms with E-state index in [9.17, 15) is 0 Å². The molecule has 0 spiro atoms. The maximum Gasteiger partial charge on any atom is 0.0568 e. The molecule has 3 nitrogen and oxygen atoms in total. The van der Waals surface area contributed by atoms with Crippen LogP contribution in [0.1, 0.15) is 26.2 Å². The molecule has 1 atom stereocenters. The van der Waals surface area contributed by atoms with Crippen LogP contribution in [0.25, 0.3) is 0 Å². The van der Waals surface area contributed by atoms with E-state index in [1.165, 1.54) is 19.3 Å². The molecule has 15 heavy (non-hydrogen) atoms. The number of nitrogens with two attached hydrogens (primary N) is 2. The minimum absolute atomic E-state index is 0.514. The van der Waals surface area contributed by atoms with E-state index in [1.807, 2.05) is 18.2 Å². The van der Waals surface area contributed by atoms with Gasteiger partial charge in [0, 0.05) is 11.7 Å². The number of benzene rings is 1. The molecule has 1 aliphatic carbocycles. The van der Waals surface area contributed by atoms with Crippen molar-refractivity contribution in [2.24, 2.45) is 5.92 Å². The van der Waals surface area contributed by atoms with E-state index in [4.69, 9.17) is 11.5 Å². The summed E-state index contributed by atoms with van der Waals surface area (Å²) in [6.45, 7) is 2.21. The highest BCUT2D eigenvalue weighted by atomic mass is 14.9. The topological polar surface area (TPSA) is 64.1 Å². The largest absolute Gasteiger partial charge is 0.397 e. The Hall–Kier alpha value is -1.38.